The summed E-state index contributed by atoms with van der Waals surface area (Å²) >= 11 is 0. The topological polar surface area (TPSA) is 487 Å². The number of rotatable bonds is 49. The van der Waals surface area contributed by atoms with Crippen LogP contribution < -0.4 is 11.1 Å². The third-order valence-corrected chi connectivity index (χ3v) is 12.8. The van der Waals surface area contributed by atoms with E-state index in [-0.39, 0.29) is 48.6 Å². The number of aliphatic hydroxyl groups is 3. The molecule has 600 valence electrons. The predicted octanol–water partition coefficient (Wildman–Crippen LogP) is 3.73. The van der Waals surface area contributed by atoms with Crippen LogP contribution in [-0.4, -0.2) is 243 Å². The van der Waals surface area contributed by atoms with Gasteiger partial charge in [0.1, 0.15) is 79.3 Å². The van der Waals surface area contributed by atoms with Gasteiger partial charge in [-0.1, -0.05) is 110 Å². The van der Waals surface area contributed by atoms with Crippen molar-refractivity contribution in [1.82, 2.24) is 5.32 Å². The highest BCUT2D eigenvalue weighted by atomic mass is 16.6. The molecule has 1 atom stereocenters. The van der Waals surface area contributed by atoms with E-state index in [0.29, 0.717) is 13.0 Å². The predicted molar refractivity (Wildman–Crippen MR) is 388 cm³/mol. The highest BCUT2D eigenvalue weighted by Crippen LogP contribution is 2.29. The molecule has 0 saturated heterocycles. The van der Waals surface area contributed by atoms with Crippen LogP contribution in [0, 0.1) is 21.7 Å². The van der Waals surface area contributed by atoms with Crippen LogP contribution in [0.5, 0.6) is 0 Å². The van der Waals surface area contributed by atoms with E-state index in [4.69, 9.17) is 90.1 Å². The summed E-state index contributed by atoms with van der Waals surface area (Å²) in [6, 6.07) is 10.9. The van der Waals surface area contributed by atoms with Gasteiger partial charge >= 0.3 is 77.6 Å². The van der Waals surface area contributed by atoms with Crippen molar-refractivity contribution in [3.05, 3.63) is 197 Å². The van der Waals surface area contributed by atoms with Crippen LogP contribution in [0.4, 0.5) is 0 Å². The van der Waals surface area contributed by atoms with Crippen LogP contribution in [0.2, 0.25) is 0 Å². The van der Waals surface area contributed by atoms with Gasteiger partial charge in [0.25, 0.3) is 5.91 Å². The standard InChI is InChI=1S/C35H41NO15.C33H36O15.C3H8.C2H7NO.C2H6O/c1-6-27(38)46-19-34(20-47-28(39)7-2,21-48-29(40)8-3)17-45-18-35(22-49-30(41)9-4,23-50-31(42)10-5)24-51-33(44)26-14-12-11-13-25(26)32(43)36-15-16-37;1-6-25(34)43-17-32(18-44-26(35)7-2,19-45-27(36)8-3)15-42-16-33(20-46-28(37)9-4,21-47-29(38)10-5)22-48-31(41)24-14-12-11-13-23(24)30(39)40;1-3-2;3-1-2-4;1-2-3/h6-14,37H,1-5,15-24H2,(H,36,43);6-14H,1-5,15-22H2,(H,39,40);3H2,1-2H3;4H,1-3H2;3H,2H2,1H3/i;;1TD;;. The van der Waals surface area contributed by atoms with Crippen molar-refractivity contribution in [3.8, 4) is 0 Å². The van der Waals surface area contributed by atoms with Gasteiger partial charge in [0.05, 0.1) is 83.6 Å². The lowest BCUT2D eigenvalue weighted by Crippen LogP contribution is -2.47. The van der Waals surface area contributed by atoms with Crippen LogP contribution in [-0.2, 0) is 114 Å². The van der Waals surface area contributed by atoms with Gasteiger partial charge in [-0.3, -0.25) is 4.79 Å². The fourth-order valence-electron chi connectivity index (χ4n) is 7.36. The zero-order valence-corrected chi connectivity index (χ0v) is 60.9. The lowest BCUT2D eigenvalue weighted by Gasteiger charge is -2.35. The second-order valence-corrected chi connectivity index (χ2v) is 21.9. The van der Waals surface area contributed by atoms with Gasteiger partial charge in [-0.05, 0) is 31.2 Å². The van der Waals surface area contributed by atoms with E-state index in [0.717, 1.165) is 60.8 Å². The maximum absolute atomic E-state index is 13.3. The molecule has 0 bridgehead atoms. The normalized spacial score (nSPS) is 10.8. The number of nitrogens with one attached hydrogen (secondary N) is 1. The number of ether oxygens (including phenoxy) is 14. The molecule has 2 aromatic carbocycles. The van der Waals surface area contributed by atoms with Crippen molar-refractivity contribution in [2.24, 2.45) is 27.4 Å². The molecule has 0 aliphatic heterocycles. The Hall–Kier alpha value is -11.8. The Bertz CT molecular complexity index is 3290. The maximum Gasteiger partial charge on any atom is 0.339 e. The Morgan fingerprint density at radius 3 is 0.761 bits per heavy atom. The summed E-state index contributed by atoms with van der Waals surface area (Å²) in [5.74, 6) is -13.0. The van der Waals surface area contributed by atoms with Crippen LogP contribution in [0.3, 0.4) is 0 Å². The Morgan fingerprint density at radius 1 is 0.385 bits per heavy atom. The SMILES string of the molecule is C=CC(=O)OCC(COCC(COC(=O)C=C)(COC(=O)C=C)COC(=O)c1ccccc1C(=O)NCCO)(COC(=O)C=C)COC(=O)C=C.C=CC(=O)OCC(COCC(COC(=O)C=C)(COC(=O)C=C)COC(=O)c1ccccc1C(=O)O)(COC(=O)C=C)COC(=O)C=C.CCO.NCCO.[2H]C([3H])CC. The number of hydrogen-bond donors (Lipinski definition) is 6. The zero-order valence-electron chi connectivity index (χ0n) is 62.9. The molecule has 0 fully saturated rings. The lowest BCUT2D eigenvalue weighted by atomic mass is 9.90. The van der Waals surface area contributed by atoms with Gasteiger partial charge in [0, 0.05) is 83.2 Å². The number of carbonyl (C=O) groups is 14. The summed E-state index contributed by atoms with van der Waals surface area (Å²) in [6.45, 7) is 27.3. The number of esters is 12. The van der Waals surface area contributed by atoms with Crippen molar-refractivity contribution < 1.29 is 157 Å². The van der Waals surface area contributed by atoms with Crippen LogP contribution in [0.25, 0.3) is 0 Å². The summed E-state index contributed by atoms with van der Waals surface area (Å²) in [6.07, 6.45) is 9.23. The minimum atomic E-state index is -1.68. The molecule has 7 N–H and O–H groups in total. The molecule has 0 saturated carbocycles. The van der Waals surface area contributed by atoms with Crippen LogP contribution >= 0.6 is 0 Å². The quantitative estimate of drug-likeness (QED) is 0.0312. The molecule has 1 amide bonds. The molecule has 0 aliphatic carbocycles. The molecule has 0 aliphatic rings. The first-order valence-corrected chi connectivity index (χ1v) is 32.2. The molecule has 2 aromatic rings. The van der Waals surface area contributed by atoms with E-state index in [2.05, 4.69) is 71.1 Å². The number of nitrogens with two attached hydrogens (primary N) is 1. The van der Waals surface area contributed by atoms with E-state index in [1.165, 1.54) is 48.5 Å². The highest BCUT2D eigenvalue weighted by Gasteiger charge is 2.43. The molecule has 109 heavy (non-hydrogen) atoms. The largest absolute Gasteiger partial charge is 0.478 e. The monoisotopic (exact) mass is 1540 g/mol. The highest BCUT2D eigenvalue weighted by molar-refractivity contribution is 6.05. The molecule has 0 spiro atoms. The van der Waals surface area contributed by atoms with E-state index in [1.54, 1.807) is 6.92 Å². The third-order valence-electron chi connectivity index (χ3n) is 12.8. The molecule has 34 nitrogen and oxygen atoms in total. The molecule has 0 aromatic heterocycles. The lowest BCUT2D eigenvalue weighted by molar-refractivity contribution is -0.170. The summed E-state index contributed by atoms with van der Waals surface area (Å²) in [4.78, 5) is 171. The van der Waals surface area contributed by atoms with Crippen molar-refractivity contribution in [3.63, 3.8) is 0 Å². The van der Waals surface area contributed by atoms with Crippen molar-refractivity contribution >= 4 is 83.5 Å². The van der Waals surface area contributed by atoms with Crippen molar-refractivity contribution in [2.75, 3.05) is 139 Å². The van der Waals surface area contributed by atoms with Gasteiger partial charge in [0.15, 0.2) is 0 Å². The van der Waals surface area contributed by atoms with E-state index in [1.807, 2.05) is 6.92 Å². The molecule has 0 heterocycles. The number of carboxylic acid groups (broad SMARTS) is 1. The Kier molecular flexibility index (Phi) is 52.9. The van der Waals surface area contributed by atoms with E-state index >= 15 is 0 Å². The Labute approximate surface area is 633 Å². The minimum absolute atomic E-state index is 0.0732. The van der Waals surface area contributed by atoms with Gasteiger partial charge in [-0.15, -0.1) is 0 Å². The van der Waals surface area contributed by atoms with E-state index < -0.39 is 218 Å². The number of benzene rings is 2. The molecule has 34 heteroatoms. The first-order valence-electron chi connectivity index (χ1n) is 33.4. The average Bonchev–Trinajstić information content (AvgIpc) is 0.842. The number of aromatic carboxylic acids is 1. The van der Waals surface area contributed by atoms with Gasteiger partial charge in [-0.25, -0.2) is 62.3 Å². The molecular weight excluding hydrogens is 1440 g/mol. The fraction of sp³-hybridized carbons (Fsp3) is 0.387. The maximum atomic E-state index is 13.3. The van der Waals surface area contributed by atoms with Gasteiger partial charge < -0.3 is 97.8 Å². The molecular formula is C75H98N2O32. The summed E-state index contributed by atoms with van der Waals surface area (Å²) in [5.41, 5.74) is -2.61. The zero-order chi connectivity index (χ0) is 84.9. The second-order valence-electron chi connectivity index (χ2n) is 21.9. The average molecular weight is 1540 g/mol. The minimum Gasteiger partial charge on any atom is -0.478 e. The number of hydrogen-bond acceptors (Lipinski definition) is 32. The Morgan fingerprint density at radius 2 is 0.578 bits per heavy atom. The van der Waals surface area contributed by atoms with Crippen LogP contribution in [0.15, 0.2) is 175 Å². The smallest absolute Gasteiger partial charge is 0.339 e. The summed E-state index contributed by atoms with van der Waals surface area (Å²) < 4.78 is 87.9. The first-order chi connectivity index (χ1) is 52.7. The van der Waals surface area contributed by atoms with Crippen molar-refractivity contribution in [1.29, 1.82) is 0 Å². The van der Waals surface area contributed by atoms with Gasteiger partial charge in [-0.2, -0.15) is 0 Å². The van der Waals surface area contributed by atoms with E-state index in [9.17, 15) is 72.2 Å². The number of carbonyl (C=O) groups excluding carboxylic acids is 13. The molecule has 0 radical (unpaired) electrons. The Balaban J connectivity index is -0.00000183. The number of aliphatic hydroxyl groups excluding tert-OH is 3. The summed E-state index contributed by atoms with van der Waals surface area (Å²) in [5, 5.41) is 36.3. The summed E-state index contributed by atoms with van der Waals surface area (Å²) in [7, 11) is 0. The van der Waals surface area contributed by atoms with Crippen LogP contribution in [0.1, 0.15) is 71.3 Å². The molecule has 1 unspecified atom stereocenters. The van der Waals surface area contributed by atoms with Gasteiger partial charge in [0.2, 0.25) is 0 Å². The number of amides is 1. The first kappa shape index (κ1) is 97.2. The molecule has 2 rings (SSSR count). The number of carboxylic acids is 1. The second kappa shape index (κ2) is 59.3. The fourth-order valence-corrected chi connectivity index (χ4v) is 7.36. The third kappa shape index (κ3) is 44.0. The van der Waals surface area contributed by atoms with Crippen molar-refractivity contribution in [2.45, 2.75) is 27.1 Å².